The fraction of sp³-hybridized carbons (Fsp3) is 0.500. The summed E-state index contributed by atoms with van der Waals surface area (Å²) >= 11 is 0. The van der Waals surface area contributed by atoms with E-state index < -0.39 is 0 Å². The Labute approximate surface area is 90.2 Å². The molecule has 0 aromatic carbocycles. The van der Waals surface area contributed by atoms with Crippen molar-refractivity contribution < 1.29 is 0 Å². The molecule has 0 aliphatic rings. The van der Waals surface area contributed by atoms with E-state index in [4.69, 9.17) is 0 Å². The number of hydrogen-bond donors (Lipinski definition) is 0. The summed E-state index contributed by atoms with van der Waals surface area (Å²) in [4.78, 5) is 8.57. The number of hydrogen-bond acceptors (Lipinski definition) is 2. The molecule has 0 radical (unpaired) electrons. The lowest BCUT2D eigenvalue weighted by Crippen LogP contribution is -2.08. The fourth-order valence-corrected chi connectivity index (χ4v) is 1.63. The van der Waals surface area contributed by atoms with Crippen molar-refractivity contribution >= 4 is 5.65 Å². The second kappa shape index (κ2) is 4.01. The van der Waals surface area contributed by atoms with Crippen LogP contribution in [-0.4, -0.2) is 14.4 Å². The van der Waals surface area contributed by atoms with Gasteiger partial charge in [-0.2, -0.15) is 0 Å². The summed E-state index contributed by atoms with van der Waals surface area (Å²) in [5.74, 6) is 1.36. The van der Waals surface area contributed by atoms with Gasteiger partial charge in [-0.1, -0.05) is 20.8 Å². The van der Waals surface area contributed by atoms with E-state index in [1.807, 2.05) is 23.0 Å². The van der Waals surface area contributed by atoms with Crippen LogP contribution in [-0.2, 0) is 6.42 Å². The molecule has 0 amide bonds. The van der Waals surface area contributed by atoms with E-state index >= 15 is 0 Å². The smallest absolute Gasteiger partial charge is 0.142 e. The molecular weight excluding hydrogens is 186 g/mol. The largest absolute Gasteiger partial charge is 0.290 e. The Morgan fingerprint density at radius 1 is 1.33 bits per heavy atom. The molecule has 0 N–H and O–H groups in total. The molecule has 0 spiro atoms. The van der Waals surface area contributed by atoms with Crippen LogP contribution < -0.4 is 0 Å². The zero-order valence-corrected chi connectivity index (χ0v) is 9.51. The molecule has 2 rings (SSSR count). The Bertz CT molecular complexity index is 445. The number of rotatable bonds is 3. The second-order valence-corrected chi connectivity index (χ2v) is 4.50. The monoisotopic (exact) mass is 203 g/mol. The highest BCUT2D eigenvalue weighted by molar-refractivity contribution is 5.45. The van der Waals surface area contributed by atoms with Gasteiger partial charge in [-0.15, -0.1) is 0 Å². The minimum absolute atomic E-state index is 0.662. The van der Waals surface area contributed by atoms with E-state index in [1.165, 1.54) is 5.56 Å². The van der Waals surface area contributed by atoms with Gasteiger partial charge >= 0.3 is 0 Å². The summed E-state index contributed by atoms with van der Waals surface area (Å²) in [5.41, 5.74) is 2.28. The van der Waals surface area contributed by atoms with Gasteiger partial charge in [0.25, 0.3) is 0 Å². The molecule has 2 aromatic heterocycles. The van der Waals surface area contributed by atoms with Crippen molar-refractivity contribution in [1.29, 1.82) is 0 Å². The molecule has 80 valence electrons. The standard InChI is InChI=1S/C12H17N3/c1-9(2)10(3)6-11-7-13-8-15-5-4-14-12(11)15/h4-5,7-10H,6H2,1-3H3. The zero-order chi connectivity index (χ0) is 10.8. The normalized spacial score (nSPS) is 13.6. The van der Waals surface area contributed by atoms with E-state index in [2.05, 4.69) is 30.7 Å². The van der Waals surface area contributed by atoms with Crippen molar-refractivity contribution in [1.82, 2.24) is 14.4 Å². The lowest BCUT2D eigenvalue weighted by atomic mass is 9.92. The molecule has 2 heterocycles. The van der Waals surface area contributed by atoms with Crippen LogP contribution in [0.1, 0.15) is 26.3 Å². The van der Waals surface area contributed by atoms with Crippen LogP contribution >= 0.6 is 0 Å². The Morgan fingerprint density at radius 2 is 2.13 bits per heavy atom. The maximum atomic E-state index is 4.35. The summed E-state index contributed by atoms with van der Waals surface area (Å²) in [6, 6.07) is 0. The highest BCUT2D eigenvalue weighted by Gasteiger charge is 2.11. The van der Waals surface area contributed by atoms with Crippen molar-refractivity contribution in [3.63, 3.8) is 0 Å². The fourth-order valence-electron chi connectivity index (χ4n) is 1.63. The average molecular weight is 203 g/mol. The molecule has 1 atom stereocenters. The quantitative estimate of drug-likeness (QED) is 0.767. The van der Waals surface area contributed by atoms with E-state index in [-0.39, 0.29) is 0 Å². The summed E-state index contributed by atoms with van der Waals surface area (Å²) < 4.78 is 1.97. The van der Waals surface area contributed by atoms with Crippen LogP contribution in [0.2, 0.25) is 0 Å². The predicted octanol–water partition coefficient (Wildman–Crippen LogP) is 2.56. The Kier molecular flexibility index (Phi) is 2.71. The van der Waals surface area contributed by atoms with E-state index in [9.17, 15) is 0 Å². The minimum Gasteiger partial charge on any atom is -0.290 e. The van der Waals surface area contributed by atoms with Crippen molar-refractivity contribution in [2.45, 2.75) is 27.2 Å². The topological polar surface area (TPSA) is 30.2 Å². The first-order valence-corrected chi connectivity index (χ1v) is 5.44. The molecule has 2 aromatic rings. The maximum absolute atomic E-state index is 4.35. The molecule has 1 unspecified atom stereocenters. The lowest BCUT2D eigenvalue weighted by molar-refractivity contribution is 0.417. The van der Waals surface area contributed by atoms with Gasteiger partial charge in [0.2, 0.25) is 0 Å². The van der Waals surface area contributed by atoms with Gasteiger partial charge < -0.3 is 0 Å². The summed E-state index contributed by atoms with van der Waals surface area (Å²) in [7, 11) is 0. The number of nitrogens with zero attached hydrogens (tertiary/aromatic N) is 3. The number of aromatic nitrogens is 3. The molecule has 0 aliphatic heterocycles. The van der Waals surface area contributed by atoms with Crippen molar-refractivity contribution in [2.75, 3.05) is 0 Å². The van der Waals surface area contributed by atoms with Crippen molar-refractivity contribution in [3.8, 4) is 0 Å². The number of fused-ring (bicyclic) bond motifs is 1. The zero-order valence-electron chi connectivity index (χ0n) is 9.51. The SMILES string of the molecule is CC(C)C(C)Cc1cncn2ccnc12. The third-order valence-electron chi connectivity index (χ3n) is 3.06. The molecule has 3 heteroatoms. The molecule has 15 heavy (non-hydrogen) atoms. The molecule has 0 aliphatic carbocycles. The molecule has 0 saturated carbocycles. The van der Waals surface area contributed by atoms with Crippen molar-refractivity contribution in [3.05, 3.63) is 30.5 Å². The molecular formula is C12H17N3. The van der Waals surface area contributed by atoms with E-state index in [0.717, 1.165) is 12.1 Å². The van der Waals surface area contributed by atoms with Gasteiger partial charge in [0.1, 0.15) is 12.0 Å². The first-order chi connectivity index (χ1) is 7.18. The van der Waals surface area contributed by atoms with Crippen LogP contribution in [0.4, 0.5) is 0 Å². The summed E-state index contributed by atoms with van der Waals surface area (Å²) in [6.07, 6.45) is 8.53. The van der Waals surface area contributed by atoms with Gasteiger partial charge in [-0.3, -0.25) is 4.40 Å². The third kappa shape index (κ3) is 2.01. The van der Waals surface area contributed by atoms with Gasteiger partial charge in [0.05, 0.1) is 0 Å². The molecule has 0 saturated heterocycles. The first-order valence-electron chi connectivity index (χ1n) is 5.44. The molecule has 3 nitrogen and oxygen atoms in total. The average Bonchev–Trinajstić information content (AvgIpc) is 2.66. The van der Waals surface area contributed by atoms with Gasteiger partial charge in [0.15, 0.2) is 0 Å². The Hall–Kier alpha value is -1.38. The van der Waals surface area contributed by atoms with Crippen LogP contribution in [0.5, 0.6) is 0 Å². The third-order valence-corrected chi connectivity index (χ3v) is 3.06. The van der Waals surface area contributed by atoms with Gasteiger partial charge in [0, 0.05) is 24.2 Å². The summed E-state index contributed by atoms with van der Waals surface area (Å²) in [6.45, 7) is 6.78. The minimum atomic E-state index is 0.662. The van der Waals surface area contributed by atoms with Crippen LogP contribution in [0.25, 0.3) is 5.65 Å². The molecule has 0 fully saturated rings. The lowest BCUT2D eigenvalue weighted by Gasteiger charge is -2.15. The van der Waals surface area contributed by atoms with Crippen LogP contribution in [0.3, 0.4) is 0 Å². The van der Waals surface area contributed by atoms with Crippen LogP contribution in [0, 0.1) is 11.8 Å². The Balaban J connectivity index is 2.31. The Morgan fingerprint density at radius 3 is 2.87 bits per heavy atom. The first kappa shape index (κ1) is 10.1. The van der Waals surface area contributed by atoms with Gasteiger partial charge in [-0.05, 0) is 18.3 Å². The highest BCUT2D eigenvalue weighted by atomic mass is 15.0. The van der Waals surface area contributed by atoms with E-state index in [1.54, 1.807) is 6.33 Å². The highest BCUT2D eigenvalue weighted by Crippen LogP contribution is 2.18. The maximum Gasteiger partial charge on any atom is 0.142 e. The van der Waals surface area contributed by atoms with Crippen molar-refractivity contribution in [2.24, 2.45) is 11.8 Å². The van der Waals surface area contributed by atoms with Crippen LogP contribution in [0.15, 0.2) is 24.9 Å². The van der Waals surface area contributed by atoms with E-state index in [0.29, 0.717) is 11.8 Å². The number of imidazole rings is 1. The second-order valence-electron chi connectivity index (χ2n) is 4.50. The van der Waals surface area contributed by atoms with Gasteiger partial charge in [-0.25, -0.2) is 9.97 Å². The predicted molar refractivity (Wildman–Crippen MR) is 60.7 cm³/mol. The summed E-state index contributed by atoms with van der Waals surface area (Å²) in [5, 5.41) is 0. The molecule has 0 bridgehead atoms.